The Labute approximate surface area is 68.1 Å². The topological polar surface area (TPSA) is 115 Å². The molecular formula is C6H10O6. The maximum Gasteiger partial charge on any atom is 0.335 e. The molecule has 0 amide bonds. The summed E-state index contributed by atoms with van der Waals surface area (Å²) >= 11 is 0. The summed E-state index contributed by atoms with van der Waals surface area (Å²) in [6, 6.07) is 0. The molecule has 0 saturated heterocycles. The van der Waals surface area contributed by atoms with Crippen LogP contribution in [-0.4, -0.2) is 51.0 Å². The fraction of sp³-hybridized carbons (Fsp3) is 0.667. The minimum atomic E-state index is -2.07. The molecule has 3 atom stereocenters. The van der Waals surface area contributed by atoms with Crippen molar-refractivity contribution < 1.29 is 30.0 Å². The first-order chi connectivity index (χ1) is 5.50. The maximum atomic E-state index is 10.0. The van der Waals surface area contributed by atoms with E-state index in [2.05, 4.69) is 0 Å². The van der Waals surface area contributed by atoms with E-state index in [0.717, 1.165) is 0 Å². The number of carbonyl (C=O) groups excluding carboxylic acids is 1. The minimum Gasteiger partial charge on any atom is -0.479 e. The van der Waals surface area contributed by atoms with Gasteiger partial charge in [-0.15, -0.1) is 0 Å². The van der Waals surface area contributed by atoms with Crippen LogP contribution in [0, 0.1) is 0 Å². The number of aliphatic carboxylic acids is 1. The van der Waals surface area contributed by atoms with E-state index >= 15 is 0 Å². The van der Waals surface area contributed by atoms with Gasteiger partial charge in [0.05, 0.1) is 6.10 Å². The lowest BCUT2D eigenvalue weighted by molar-refractivity contribution is -0.158. The highest BCUT2D eigenvalue weighted by molar-refractivity contribution is 5.72. The average Bonchev–Trinajstić information content (AvgIpc) is 2.02. The number of carboxylic acids is 1. The maximum absolute atomic E-state index is 10.0. The van der Waals surface area contributed by atoms with Gasteiger partial charge >= 0.3 is 5.97 Å². The predicted molar refractivity (Wildman–Crippen MR) is 36.3 cm³/mol. The quantitative estimate of drug-likeness (QED) is 0.353. The zero-order valence-electron chi connectivity index (χ0n) is 6.12. The molecule has 0 bridgehead atoms. The van der Waals surface area contributed by atoms with Gasteiger partial charge in [-0.25, -0.2) is 4.79 Å². The lowest BCUT2D eigenvalue weighted by Crippen LogP contribution is -2.42. The Kier molecular flexibility index (Phi) is 4.42. The molecule has 0 aromatic rings. The Morgan fingerprint density at radius 1 is 1.33 bits per heavy atom. The largest absolute Gasteiger partial charge is 0.479 e. The minimum absolute atomic E-state index is 0.322. The van der Waals surface area contributed by atoms with Gasteiger partial charge in [0.25, 0.3) is 0 Å². The average molecular weight is 178 g/mol. The molecule has 0 spiro atoms. The van der Waals surface area contributed by atoms with Crippen molar-refractivity contribution in [2.45, 2.75) is 24.7 Å². The van der Waals surface area contributed by atoms with Crippen LogP contribution in [0.2, 0.25) is 0 Å². The third-order valence-electron chi connectivity index (χ3n) is 1.31. The van der Waals surface area contributed by atoms with E-state index in [1.807, 2.05) is 0 Å². The van der Waals surface area contributed by atoms with Gasteiger partial charge in [-0.3, -0.25) is 0 Å². The van der Waals surface area contributed by atoms with E-state index in [1.54, 1.807) is 0 Å². The first kappa shape index (κ1) is 11.0. The number of rotatable bonds is 5. The Morgan fingerprint density at radius 3 is 2.17 bits per heavy atom. The van der Waals surface area contributed by atoms with Gasteiger partial charge in [0.2, 0.25) is 0 Å². The summed E-state index contributed by atoms with van der Waals surface area (Å²) in [7, 11) is 0. The molecule has 12 heavy (non-hydrogen) atoms. The van der Waals surface area contributed by atoms with Crippen molar-refractivity contribution in [3.8, 4) is 0 Å². The molecule has 0 fully saturated rings. The van der Waals surface area contributed by atoms with Gasteiger partial charge in [0.15, 0.2) is 6.10 Å². The molecular weight excluding hydrogens is 168 g/mol. The van der Waals surface area contributed by atoms with Crippen LogP contribution in [0.3, 0.4) is 0 Å². The number of aldehydes is 1. The number of hydrogen-bond acceptors (Lipinski definition) is 5. The van der Waals surface area contributed by atoms with Crippen LogP contribution in [0.25, 0.3) is 0 Å². The number of aliphatic hydroxyl groups excluding tert-OH is 3. The van der Waals surface area contributed by atoms with Crippen molar-refractivity contribution in [3.63, 3.8) is 0 Å². The summed E-state index contributed by atoms with van der Waals surface area (Å²) in [6.45, 7) is 0. The summed E-state index contributed by atoms with van der Waals surface area (Å²) in [4.78, 5) is 19.9. The van der Waals surface area contributed by atoms with Gasteiger partial charge in [0, 0.05) is 6.42 Å². The summed E-state index contributed by atoms with van der Waals surface area (Å²) < 4.78 is 0. The molecule has 70 valence electrons. The van der Waals surface area contributed by atoms with Crippen LogP contribution in [0.4, 0.5) is 0 Å². The predicted octanol–water partition coefficient (Wildman–Crippen LogP) is -2.26. The second-order valence-corrected chi connectivity index (χ2v) is 2.24. The van der Waals surface area contributed by atoms with Crippen molar-refractivity contribution in [2.75, 3.05) is 0 Å². The second kappa shape index (κ2) is 4.81. The van der Waals surface area contributed by atoms with Crippen LogP contribution in [0.15, 0.2) is 0 Å². The number of carbonyl (C=O) groups is 2. The zero-order chi connectivity index (χ0) is 9.72. The van der Waals surface area contributed by atoms with Crippen LogP contribution in [0.5, 0.6) is 0 Å². The van der Waals surface area contributed by atoms with Crippen molar-refractivity contribution in [3.05, 3.63) is 0 Å². The van der Waals surface area contributed by atoms with Gasteiger partial charge < -0.3 is 25.2 Å². The molecule has 0 rings (SSSR count). The van der Waals surface area contributed by atoms with E-state index in [1.165, 1.54) is 0 Å². The summed E-state index contributed by atoms with van der Waals surface area (Å²) in [5.74, 6) is -1.65. The van der Waals surface area contributed by atoms with Gasteiger partial charge in [-0.05, 0) is 0 Å². The molecule has 0 heterocycles. The smallest absolute Gasteiger partial charge is 0.335 e. The number of carboxylic acid groups (broad SMARTS) is 1. The van der Waals surface area contributed by atoms with E-state index in [9.17, 15) is 9.59 Å². The van der Waals surface area contributed by atoms with Gasteiger partial charge in [0.1, 0.15) is 12.4 Å². The second-order valence-electron chi connectivity index (χ2n) is 2.24. The highest BCUT2D eigenvalue weighted by atomic mass is 16.4. The Morgan fingerprint density at radius 2 is 1.83 bits per heavy atom. The Bertz CT molecular complexity index is 167. The van der Waals surface area contributed by atoms with Crippen LogP contribution < -0.4 is 0 Å². The summed E-state index contributed by atoms with van der Waals surface area (Å²) in [6.07, 6.45) is -5.55. The highest BCUT2D eigenvalue weighted by Gasteiger charge is 2.29. The standard InChI is InChI=1S/C6H10O6/c7-2-1-3(8)4(9)5(10)6(11)12/h2-5,8-10H,1H2,(H,11,12)/t3-,4+,5-/m0/s1. The molecule has 0 aromatic carbocycles. The first-order valence-electron chi connectivity index (χ1n) is 3.21. The van der Waals surface area contributed by atoms with Gasteiger partial charge in [-0.2, -0.15) is 0 Å². The van der Waals surface area contributed by atoms with Gasteiger partial charge in [-0.1, -0.05) is 0 Å². The van der Waals surface area contributed by atoms with Crippen molar-refractivity contribution in [1.82, 2.24) is 0 Å². The third kappa shape index (κ3) is 2.95. The van der Waals surface area contributed by atoms with Crippen molar-refractivity contribution >= 4 is 12.3 Å². The molecule has 4 N–H and O–H groups in total. The molecule has 0 aliphatic carbocycles. The van der Waals surface area contributed by atoms with Crippen LogP contribution >= 0.6 is 0 Å². The van der Waals surface area contributed by atoms with E-state index in [-0.39, 0.29) is 0 Å². The highest BCUT2D eigenvalue weighted by Crippen LogP contribution is 2.02. The SMILES string of the molecule is O=CC[C@H](O)[C@@H](O)[C@H](O)C(=O)O. The molecule has 6 heteroatoms. The van der Waals surface area contributed by atoms with Crippen molar-refractivity contribution in [1.29, 1.82) is 0 Å². The third-order valence-corrected chi connectivity index (χ3v) is 1.31. The van der Waals surface area contributed by atoms with Crippen LogP contribution in [0.1, 0.15) is 6.42 Å². The van der Waals surface area contributed by atoms with E-state index in [4.69, 9.17) is 20.4 Å². The van der Waals surface area contributed by atoms with E-state index in [0.29, 0.717) is 6.29 Å². The molecule has 0 aliphatic heterocycles. The van der Waals surface area contributed by atoms with Crippen molar-refractivity contribution in [2.24, 2.45) is 0 Å². The van der Waals surface area contributed by atoms with Crippen LogP contribution in [-0.2, 0) is 9.59 Å². The first-order valence-corrected chi connectivity index (χ1v) is 3.21. The normalized spacial score (nSPS) is 17.9. The lowest BCUT2D eigenvalue weighted by atomic mass is 10.1. The zero-order valence-corrected chi connectivity index (χ0v) is 6.12. The molecule has 0 saturated carbocycles. The lowest BCUT2D eigenvalue weighted by Gasteiger charge is -2.17. The number of hydrogen-bond donors (Lipinski definition) is 4. The Balaban J connectivity index is 4.07. The summed E-state index contributed by atoms with van der Waals surface area (Å²) in [5.41, 5.74) is 0. The fourth-order valence-electron chi connectivity index (χ4n) is 0.595. The molecule has 6 nitrogen and oxygen atoms in total. The molecule has 0 radical (unpaired) electrons. The molecule has 0 unspecified atom stereocenters. The fourth-order valence-corrected chi connectivity index (χ4v) is 0.595. The Hall–Kier alpha value is -0.980. The number of aliphatic hydroxyl groups is 3. The monoisotopic (exact) mass is 178 g/mol. The molecule has 0 aliphatic rings. The van der Waals surface area contributed by atoms with E-state index < -0.39 is 30.7 Å². The molecule has 0 aromatic heterocycles. The summed E-state index contributed by atoms with van der Waals surface area (Å²) in [5, 5.41) is 34.5.